The Labute approximate surface area is 210 Å². The summed E-state index contributed by atoms with van der Waals surface area (Å²) in [6.45, 7) is 0. The lowest BCUT2D eigenvalue weighted by Crippen LogP contribution is -2.34. The van der Waals surface area contributed by atoms with Gasteiger partial charge in [0.15, 0.2) is 6.04 Å². The van der Waals surface area contributed by atoms with Crippen molar-refractivity contribution in [2.24, 2.45) is 0 Å². The van der Waals surface area contributed by atoms with Crippen LogP contribution in [0.1, 0.15) is 21.3 Å². The van der Waals surface area contributed by atoms with Crippen molar-refractivity contribution >= 4 is 51.4 Å². The summed E-state index contributed by atoms with van der Waals surface area (Å²) in [5.74, 6) is -2.76. The van der Waals surface area contributed by atoms with Crippen LogP contribution in [0.2, 0.25) is 4.34 Å². The van der Waals surface area contributed by atoms with Crippen molar-refractivity contribution in [1.82, 2.24) is 14.9 Å². The van der Waals surface area contributed by atoms with E-state index >= 15 is 0 Å². The van der Waals surface area contributed by atoms with Crippen molar-refractivity contribution in [2.45, 2.75) is 6.04 Å². The number of H-pyrrole nitrogens is 1. The largest absolute Gasteiger partial charge is 0.496 e. The van der Waals surface area contributed by atoms with Gasteiger partial charge in [0.2, 0.25) is 0 Å². The molecule has 2 heterocycles. The van der Waals surface area contributed by atoms with E-state index in [0.717, 1.165) is 22.0 Å². The zero-order valence-electron chi connectivity index (χ0n) is 18.7. The molecule has 0 bridgehead atoms. The maximum absolute atomic E-state index is 14.3. The average Bonchev–Trinajstić information content (AvgIpc) is 3.28. The van der Waals surface area contributed by atoms with E-state index in [0.29, 0.717) is 9.21 Å². The van der Waals surface area contributed by atoms with E-state index < -0.39 is 35.0 Å². The Morgan fingerprint density at radius 3 is 2.56 bits per heavy atom. The second-order valence-corrected chi connectivity index (χ2v) is 9.22. The lowest BCUT2D eigenvalue weighted by Gasteiger charge is -2.16. The first-order valence-electron chi connectivity index (χ1n) is 10.3. The molecule has 10 nitrogen and oxygen atoms in total. The number of thiophene rings is 1. The topological polar surface area (TPSA) is 143 Å². The van der Waals surface area contributed by atoms with Crippen LogP contribution in [-0.4, -0.2) is 40.7 Å². The van der Waals surface area contributed by atoms with Gasteiger partial charge in [0, 0.05) is 18.0 Å². The molecule has 0 saturated carbocycles. The molecule has 36 heavy (non-hydrogen) atoms. The third-order valence-electron chi connectivity index (χ3n) is 5.34. The molecule has 4 N–H and O–H groups in total. The van der Waals surface area contributed by atoms with E-state index in [1.54, 1.807) is 0 Å². The zero-order valence-corrected chi connectivity index (χ0v) is 20.3. The van der Waals surface area contributed by atoms with Crippen LogP contribution in [0, 0.1) is 5.82 Å². The lowest BCUT2D eigenvalue weighted by atomic mass is 10.1. The number of aliphatic carboxylic acids is 1. The minimum atomic E-state index is -1.36. The molecular weight excluding hydrogens is 515 g/mol. The average molecular weight is 533 g/mol. The number of halogens is 2. The number of hydrogen-bond donors (Lipinski definition) is 4. The maximum Gasteiger partial charge on any atom is 0.333 e. The van der Waals surface area contributed by atoms with Crippen molar-refractivity contribution in [3.05, 3.63) is 83.9 Å². The molecule has 186 valence electrons. The number of benzene rings is 2. The van der Waals surface area contributed by atoms with Crippen LogP contribution < -0.4 is 26.6 Å². The van der Waals surface area contributed by atoms with Gasteiger partial charge in [-0.05, 0) is 36.4 Å². The highest BCUT2D eigenvalue weighted by Gasteiger charge is 2.26. The van der Waals surface area contributed by atoms with Gasteiger partial charge in [-0.1, -0.05) is 11.6 Å². The molecule has 1 unspecified atom stereocenters. The van der Waals surface area contributed by atoms with E-state index in [1.807, 2.05) is 0 Å². The standard InChI is InChI=1S/C23H18ClFN4O6S/c1-26-15-9-14-12(8-13(15)25)21(31)29(23(34)27-14)10-3-4-11(16(7-10)35-2)20(30)28-19(22(32)33)17-5-6-18(24)36-17/h3-9,19,26H,1-2H3,(H,27,34)(H,28,30)(H,32,33). The zero-order chi connectivity index (χ0) is 26.1. The van der Waals surface area contributed by atoms with Gasteiger partial charge in [0.05, 0.1) is 39.3 Å². The van der Waals surface area contributed by atoms with Crippen LogP contribution in [-0.2, 0) is 4.79 Å². The third kappa shape index (κ3) is 4.55. The van der Waals surface area contributed by atoms with Crippen molar-refractivity contribution in [2.75, 3.05) is 19.5 Å². The van der Waals surface area contributed by atoms with E-state index in [1.165, 1.54) is 50.6 Å². The minimum Gasteiger partial charge on any atom is -0.496 e. The number of nitrogens with one attached hydrogen (secondary N) is 3. The van der Waals surface area contributed by atoms with Gasteiger partial charge < -0.3 is 25.5 Å². The number of nitrogens with zero attached hydrogens (tertiary/aromatic N) is 1. The van der Waals surface area contributed by atoms with Crippen molar-refractivity contribution in [3.63, 3.8) is 0 Å². The molecule has 4 rings (SSSR count). The summed E-state index contributed by atoms with van der Waals surface area (Å²) < 4.78 is 20.7. The molecule has 0 aliphatic rings. The lowest BCUT2D eigenvalue weighted by molar-refractivity contribution is -0.139. The summed E-state index contributed by atoms with van der Waals surface area (Å²) in [6, 6.07) is 7.84. The molecule has 2 aromatic heterocycles. The van der Waals surface area contributed by atoms with Gasteiger partial charge in [0.1, 0.15) is 11.6 Å². The highest BCUT2D eigenvalue weighted by Crippen LogP contribution is 2.29. The SMILES string of the molecule is CNc1cc2[nH]c(=O)n(-c3ccc(C(=O)NC(C(=O)O)c4ccc(Cl)s4)c(OC)c3)c(=O)c2cc1F. The van der Waals surface area contributed by atoms with Gasteiger partial charge in [-0.25, -0.2) is 18.5 Å². The van der Waals surface area contributed by atoms with Crippen molar-refractivity contribution in [3.8, 4) is 11.4 Å². The molecule has 13 heteroatoms. The number of amides is 1. The predicted molar refractivity (Wildman–Crippen MR) is 133 cm³/mol. The fourth-order valence-electron chi connectivity index (χ4n) is 3.62. The van der Waals surface area contributed by atoms with Gasteiger partial charge in [-0.2, -0.15) is 0 Å². The Bertz CT molecular complexity index is 1630. The van der Waals surface area contributed by atoms with Crippen LogP contribution in [0.3, 0.4) is 0 Å². The number of aromatic amines is 1. The number of carbonyl (C=O) groups is 2. The van der Waals surface area contributed by atoms with E-state index in [2.05, 4.69) is 15.6 Å². The third-order valence-corrected chi connectivity index (χ3v) is 6.64. The number of anilines is 1. The summed E-state index contributed by atoms with van der Waals surface area (Å²) in [4.78, 5) is 53.3. The molecule has 0 spiro atoms. The fourth-order valence-corrected chi connectivity index (χ4v) is 4.72. The molecule has 0 aliphatic carbocycles. The summed E-state index contributed by atoms with van der Waals surface area (Å²) >= 11 is 6.89. The van der Waals surface area contributed by atoms with Gasteiger partial charge in [-0.3, -0.25) is 9.59 Å². The predicted octanol–water partition coefficient (Wildman–Crippen LogP) is 3.14. The quantitative estimate of drug-likeness (QED) is 0.286. The summed E-state index contributed by atoms with van der Waals surface area (Å²) in [6.07, 6.45) is 0. The molecule has 1 amide bonds. The van der Waals surface area contributed by atoms with Gasteiger partial charge >= 0.3 is 11.7 Å². The fraction of sp³-hybridized carbons (Fsp3) is 0.130. The summed E-state index contributed by atoms with van der Waals surface area (Å²) in [5.41, 5.74) is -1.31. The number of rotatable bonds is 7. The first-order chi connectivity index (χ1) is 17.1. The number of carboxylic acids is 1. The molecule has 4 aromatic rings. The number of hydrogen-bond acceptors (Lipinski definition) is 7. The normalized spacial score (nSPS) is 11.8. The number of carboxylic acid groups (broad SMARTS) is 1. The van der Waals surface area contributed by atoms with Crippen molar-refractivity contribution in [1.29, 1.82) is 0 Å². The second kappa shape index (κ2) is 9.84. The number of methoxy groups -OCH3 is 1. The van der Waals surface area contributed by atoms with E-state index in [9.17, 15) is 28.7 Å². The van der Waals surface area contributed by atoms with E-state index in [4.69, 9.17) is 16.3 Å². The van der Waals surface area contributed by atoms with Crippen LogP contribution in [0.15, 0.2) is 52.1 Å². The Hall–Kier alpha value is -4.16. The van der Waals surface area contributed by atoms with Crippen LogP contribution >= 0.6 is 22.9 Å². The Morgan fingerprint density at radius 2 is 1.94 bits per heavy atom. The van der Waals surface area contributed by atoms with Crippen LogP contribution in [0.4, 0.5) is 10.1 Å². The molecule has 1 atom stereocenters. The number of carbonyl (C=O) groups excluding carboxylic acids is 1. The molecule has 0 saturated heterocycles. The summed E-state index contributed by atoms with van der Waals surface area (Å²) in [7, 11) is 2.77. The molecule has 0 fully saturated rings. The second-order valence-electron chi connectivity index (χ2n) is 7.47. The monoisotopic (exact) mass is 532 g/mol. The molecular formula is C23H18ClFN4O6S. The first-order valence-corrected chi connectivity index (χ1v) is 11.5. The number of fused-ring (bicyclic) bond motifs is 1. The Kier molecular flexibility index (Phi) is 6.82. The molecule has 2 aromatic carbocycles. The highest BCUT2D eigenvalue weighted by molar-refractivity contribution is 7.16. The van der Waals surface area contributed by atoms with Crippen molar-refractivity contribution < 1.29 is 23.8 Å². The maximum atomic E-state index is 14.3. The smallest absolute Gasteiger partial charge is 0.333 e. The Balaban J connectivity index is 1.75. The Morgan fingerprint density at radius 1 is 1.19 bits per heavy atom. The first kappa shape index (κ1) is 24.9. The highest BCUT2D eigenvalue weighted by atomic mass is 35.5. The molecule has 0 radical (unpaired) electrons. The molecule has 0 aliphatic heterocycles. The summed E-state index contributed by atoms with van der Waals surface area (Å²) in [5, 5.41) is 14.5. The van der Waals surface area contributed by atoms with E-state index in [-0.39, 0.29) is 33.6 Å². The van der Waals surface area contributed by atoms with Crippen LogP contribution in [0.5, 0.6) is 5.75 Å². The number of ether oxygens (including phenoxy) is 1. The van der Waals surface area contributed by atoms with Gasteiger partial charge in [0.25, 0.3) is 11.5 Å². The van der Waals surface area contributed by atoms with Gasteiger partial charge in [-0.15, -0.1) is 11.3 Å². The minimum absolute atomic E-state index is 0.0264. The van der Waals surface area contributed by atoms with Crippen LogP contribution in [0.25, 0.3) is 16.6 Å². The number of aromatic nitrogens is 2.